The third-order valence-corrected chi connectivity index (χ3v) is 3.89. The molecule has 0 unspecified atom stereocenters. The van der Waals surface area contributed by atoms with Gasteiger partial charge < -0.3 is 9.67 Å². The van der Waals surface area contributed by atoms with Gasteiger partial charge in [0.05, 0.1) is 17.0 Å². The summed E-state index contributed by atoms with van der Waals surface area (Å²) in [7, 11) is 1.91. The Kier molecular flexibility index (Phi) is 3.63. The largest absolute Gasteiger partial charge is 0.481 e. The van der Waals surface area contributed by atoms with Crippen molar-refractivity contribution in [1.82, 2.24) is 9.55 Å². The number of aliphatic carboxylic acids is 1. The minimum Gasteiger partial charge on any atom is -0.481 e. The molecule has 0 saturated carbocycles. The van der Waals surface area contributed by atoms with Crippen LogP contribution >= 0.6 is 27.3 Å². The van der Waals surface area contributed by atoms with Crippen LogP contribution in [0.2, 0.25) is 0 Å². The van der Waals surface area contributed by atoms with E-state index >= 15 is 0 Å². The van der Waals surface area contributed by atoms with Gasteiger partial charge in [0.2, 0.25) is 0 Å². The van der Waals surface area contributed by atoms with Crippen LogP contribution in [0.3, 0.4) is 0 Å². The Balaban J connectivity index is 2.32. The van der Waals surface area contributed by atoms with Gasteiger partial charge in [-0.15, -0.1) is 11.3 Å². The molecule has 90 valence electrons. The van der Waals surface area contributed by atoms with E-state index in [1.165, 1.54) is 0 Å². The van der Waals surface area contributed by atoms with Gasteiger partial charge in [-0.3, -0.25) is 4.79 Å². The fraction of sp³-hybridized carbons (Fsp3) is 0.273. The Morgan fingerprint density at radius 2 is 2.41 bits per heavy atom. The van der Waals surface area contributed by atoms with Gasteiger partial charge in [-0.1, -0.05) is 6.07 Å². The average molecular weight is 315 g/mol. The van der Waals surface area contributed by atoms with Crippen molar-refractivity contribution in [1.29, 1.82) is 0 Å². The van der Waals surface area contributed by atoms with E-state index in [9.17, 15) is 4.79 Å². The summed E-state index contributed by atoms with van der Waals surface area (Å²) in [6, 6.07) is 4.00. The molecular formula is C11H11BrN2O2S. The summed E-state index contributed by atoms with van der Waals surface area (Å²) in [6.07, 6.45) is 0.539. The van der Waals surface area contributed by atoms with Crippen LogP contribution in [0, 0.1) is 0 Å². The maximum absolute atomic E-state index is 10.6. The van der Waals surface area contributed by atoms with Crippen LogP contribution in [-0.4, -0.2) is 20.6 Å². The van der Waals surface area contributed by atoms with Gasteiger partial charge in [0.15, 0.2) is 0 Å². The van der Waals surface area contributed by atoms with Crippen LogP contribution in [0.4, 0.5) is 0 Å². The van der Waals surface area contributed by atoms with E-state index in [1.54, 1.807) is 11.3 Å². The summed E-state index contributed by atoms with van der Waals surface area (Å²) < 4.78 is 2.71. The van der Waals surface area contributed by atoms with Gasteiger partial charge in [0, 0.05) is 13.5 Å². The lowest BCUT2D eigenvalue weighted by atomic mass is 10.3. The Hall–Kier alpha value is -1.14. The Labute approximate surface area is 111 Å². The zero-order chi connectivity index (χ0) is 12.4. The second-order valence-electron chi connectivity index (χ2n) is 3.60. The summed E-state index contributed by atoms with van der Waals surface area (Å²) in [5.41, 5.74) is 1.00. The van der Waals surface area contributed by atoms with E-state index in [2.05, 4.69) is 20.9 Å². The number of aromatic nitrogens is 2. The van der Waals surface area contributed by atoms with Crippen molar-refractivity contribution in [2.45, 2.75) is 12.8 Å². The van der Waals surface area contributed by atoms with Crippen LogP contribution in [0.1, 0.15) is 12.2 Å². The normalized spacial score (nSPS) is 10.7. The first kappa shape index (κ1) is 12.3. The van der Waals surface area contributed by atoms with Crippen molar-refractivity contribution < 1.29 is 9.90 Å². The van der Waals surface area contributed by atoms with Crippen LogP contribution in [-0.2, 0) is 18.3 Å². The molecule has 0 amide bonds. The van der Waals surface area contributed by atoms with E-state index < -0.39 is 5.97 Å². The third kappa shape index (κ3) is 2.58. The number of aryl methyl sites for hydroxylation is 1. The zero-order valence-electron chi connectivity index (χ0n) is 9.18. The lowest BCUT2D eigenvalue weighted by Crippen LogP contribution is -2.03. The van der Waals surface area contributed by atoms with Gasteiger partial charge >= 0.3 is 5.97 Å². The third-order valence-electron chi connectivity index (χ3n) is 2.46. The van der Waals surface area contributed by atoms with Crippen LogP contribution < -0.4 is 0 Å². The maximum Gasteiger partial charge on any atom is 0.303 e. The summed E-state index contributed by atoms with van der Waals surface area (Å²) in [5.74, 6) is -0.0236. The highest BCUT2D eigenvalue weighted by molar-refractivity contribution is 9.10. The first-order valence-electron chi connectivity index (χ1n) is 5.06. The van der Waals surface area contributed by atoms with E-state index in [0.29, 0.717) is 6.42 Å². The van der Waals surface area contributed by atoms with Crippen LogP contribution in [0.5, 0.6) is 0 Å². The highest BCUT2D eigenvalue weighted by Crippen LogP contribution is 2.31. The van der Waals surface area contributed by atoms with Crippen molar-refractivity contribution in [3.05, 3.63) is 27.9 Å². The number of carboxylic acids is 1. The maximum atomic E-state index is 10.6. The molecule has 0 bridgehead atoms. The lowest BCUT2D eigenvalue weighted by Gasteiger charge is -2.03. The van der Waals surface area contributed by atoms with E-state index in [1.807, 2.05) is 29.1 Å². The SMILES string of the molecule is Cn1c(CCC(=O)O)nc(Br)c1-c1cccs1. The molecule has 0 spiro atoms. The molecule has 2 aromatic heterocycles. The molecule has 6 heteroatoms. The number of thiophene rings is 1. The monoisotopic (exact) mass is 314 g/mol. The lowest BCUT2D eigenvalue weighted by molar-refractivity contribution is -0.137. The minimum absolute atomic E-state index is 0.0984. The average Bonchev–Trinajstić information content (AvgIpc) is 2.84. The standard InChI is InChI=1S/C11H11BrN2O2S/c1-14-8(4-5-9(15)16)13-11(12)10(14)7-3-2-6-17-7/h2-3,6H,4-5H2,1H3,(H,15,16). The number of hydrogen-bond donors (Lipinski definition) is 1. The van der Waals surface area contributed by atoms with E-state index in [-0.39, 0.29) is 6.42 Å². The quantitative estimate of drug-likeness (QED) is 0.944. The molecule has 0 aliphatic rings. The summed E-state index contributed by atoms with van der Waals surface area (Å²) >= 11 is 5.06. The van der Waals surface area contributed by atoms with E-state index in [0.717, 1.165) is 21.0 Å². The molecule has 17 heavy (non-hydrogen) atoms. The Bertz CT molecular complexity index is 534. The predicted octanol–water partition coefficient (Wildman–Crippen LogP) is 2.93. The number of carbonyl (C=O) groups is 1. The molecule has 4 nitrogen and oxygen atoms in total. The van der Waals surface area contributed by atoms with Gasteiger partial charge in [-0.05, 0) is 27.4 Å². The second-order valence-corrected chi connectivity index (χ2v) is 5.30. The first-order chi connectivity index (χ1) is 8.09. The molecule has 2 rings (SSSR count). The molecule has 0 saturated heterocycles. The molecule has 0 aliphatic heterocycles. The first-order valence-corrected chi connectivity index (χ1v) is 6.73. The van der Waals surface area contributed by atoms with Crippen molar-refractivity contribution in [2.75, 3.05) is 0 Å². The smallest absolute Gasteiger partial charge is 0.303 e. The molecule has 0 fully saturated rings. The number of rotatable bonds is 4. The van der Waals surface area contributed by atoms with Gasteiger partial charge in [0.25, 0.3) is 0 Å². The number of imidazole rings is 1. The second kappa shape index (κ2) is 5.01. The Morgan fingerprint density at radius 3 is 3.00 bits per heavy atom. The molecule has 0 aromatic carbocycles. The van der Waals surface area contributed by atoms with E-state index in [4.69, 9.17) is 5.11 Å². The minimum atomic E-state index is -0.804. The highest BCUT2D eigenvalue weighted by atomic mass is 79.9. The molecule has 2 heterocycles. The number of carboxylic acid groups (broad SMARTS) is 1. The van der Waals surface area contributed by atoms with Crippen molar-refractivity contribution in [2.24, 2.45) is 7.05 Å². The fourth-order valence-corrected chi connectivity index (χ4v) is 3.25. The molecule has 1 N–H and O–H groups in total. The molecule has 2 aromatic rings. The van der Waals surface area contributed by atoms with Crippen LogP contribution in [0.15, 0.2) is 22.1 Å². The fourth-order valence-electron chi connectivity index (χ4n) is 1.63. The van der Waals surface area contributed by atoms with Crippen LogP contribution in [0.25, 0.3) is 10.6 Å². The summed E-state index contributed by atoms with van der Waals surface area (Å²) in [4.78, 5) is 16.0. The number of nitrogens with zero attached hydrogens (tertiary/aromatic N) is 2. The topological polar surface area (TPSA) is 55.1 Å². The highest BCUT2D eigenvalue weighted by Gasteiger charge is 2.15. The van der Waals surface area contributed by atoms with Gasteiger partial charge in [0.1, 0.15) is 10.4 Å². The molecular weight excluding hydrogens is 304 g/mol. The van der Waals surface area contributed by atoms with Crippen molar-refractivity contribution in [3.63, 3.8) is 0 Å². The Morgan fingerprint density at radius 1 is 1.65 bits per heavy atom. The number of halogens is 1. The summed E-state index contributed by atoms with van der Waals surface area (Å²) in [5, 5.41) is 10.7. The van der Waals surface area contributed by atoms with Gasteiger partial charge in [-0.2, -0.15) is 0 Å². The van der Waals surface area contributed by atoms with Gasteiger partial charge in [-0.25, -0.2) is 4.98 Å². The molecule has 0 radical (unpaired) electrons. The molecule has 0 atom stereocenters. The predicted molar refractivity (Wildman–Crippen MR) is 70.2 cm³/mol. The van der Waals surface area contributed by atoms with Crippen molar-refractivity contribution in [3.8, 4) is 10.6 Å². The summed E-state index contributed by atoms with van der Waals surface area (Å²) in [6.45, 7) is 0. The number of hydrogen-bond acceptors (Lipinski definition) is 3. The molecule has 0 aliphatic carbocycles. The van der Waals surface area contributed by atoms with Crippen molar-refractivity contribution >= 4 is 33.2 Å². The zero-order valence-corrected chi connectivity index (χ0v) is 11.6.